The van der Waals surface area contributed by atoms with Gasteiger partial charge in [-0.05, 0) is 47.4 Å². The van der Waals surface area contributed by atoms with Crippen molar-refractivity contribution in [2.24, 2.45) is 0 Å². The third-order valence-electron chi connectivity index (χ3n) is 4.42. The molecule has 0 fully saturated rings. The lowest BCUT2D eigenvalue weighted by Crippen LogP contribution is -2.33. The Kier molecular flexibility index (Phi) is 6.69. The van der Waals surface area contributed by atoms with Gasteiger partial charge in [-0.2, -0.15) is 0 Å². The van der Waals surface area contributed by atoms with Gasteiger partial charge in [-0.3, -0.25) is 4.90 Å². The molecular formula is C23H23F2NO. The maximum atomic E-state index is 13.2. The number of benzene rings is 3. The second kappa shape index (κ2) is 9.40. The molecule has 27 heavy (non-hydrogen) atoms. The fraction of sp³-hybridized carbons (Fsp3) is 0.217. The van der Waals surface area contributed by atoms with Crippen LogP contribution in [0.3, 0.4) is 0 Å². The molecule has 140 valence electrons. The summed E-state index contributed by atoms with van der Waals surface area (Å²) in [5.41, 5.74) is 3.00. The summed E-state index contributed by atoms with van der Waals surface area (Å²) in [7, 11) is 0. The maximum absolute atomic E-state index is 13.2. The van der Waals surface area contributed by atoms with Gasteiger partial charge >= 0.3 is 0 Å². The summed E-state index contributed by atoms with van der Waals surface area (Å²) in [6.07, 6.45) is 0.0257. The van der Waals surface area contributed by atoms with Crippen LogP contribution >= 0.6 is 0 Å². The molecule has 0 saturated heterocycles. The second-order valence-electron chi connectivity index (χ2n) is 6.77. The van der Waals surface area contributed by atoms with Crippen LogP contribution in [0.1, 0.15) is 16.7 Å². The van der Waals surface area contributed by atoms with Crippen molar-refractivity contribution < 1.29 is 13.9 Å². The molecule has 3 rings (SSSR count). The summed E-state index contributed by atoms with van der Waals surface area (Å²) in [6.45, 7) is 1.61. The molecule has 0 spiro atoms. The van der Waals surface area contributed by atoms with E-state index in [9.17, 15) is 13.9 Å². The smallest absolute Gasteiger partial charge is 0.123 e. The molecule has 0 aromatic heterocycles. The lowest BCUT2D eigenvalue weighted by atomic mass is 10.1. The van der Waals surface area contributed by atoms with Crippen LogP contribution in [0.4, 0.5) is 8.78 Å². The van der Waals surface area contributed by atoms with Crippen molar-refractivity contribution in [2.45, 2.75) is 25.6 Å². The molecule has 1 N–H and O–H groups in total. The number of hydrogen-bond acceptors (Lipinski definition) is 2. The molecule has 1 atom stereocenters. The molecule has 0 aliphatic carbocycles. The van der Waals surface area contributed by atoms with E-state index in [0.717, 1.165) is 16.7 Å². The minimum atomic E-state index is -0.534. The van der Waals surface area contributed by atoms with Crippen LogP contribution in [0.5, 0.6) is 0 Å². The van der Waals surface area contributed by atoms with Crippen molar-refractivity contribution >= 4 is 0 Å². The van der Waals surface area contributed by atoms with E-state index in [4.69, 9.17) is 0 Å². The number of rotatable bonds is 8. The van der Waals surface area contributed by atoms with Crippen LogP contribution in [0.15, 0.2) is 78.9 Å². The van der Waals surface area contributed by atoms with Crippen molar-refractivity contribution in [1.82, 2.24) is 4.90 Å². The highest BCUT2D eigenvalue weighted by molar-refractivity contribution is 5.19. The SMILES string of the molecule is O[C@@H](Cc1ccccc1)CN(Cc1ccc(F)cc1)Cc1ccc(F)cc1. The summed E-state index contributed by atoms with van der Waals surface area (Å²) in [6, 6.07) is 22.6. The third kappa shape index (κ3) is 6.27. The predicted molar refractivity (Wildman–Crippen MR) is 103 cm³/mol. The molecular weight excluding hydrogens is 344 g/mol. The van der Waals surface area contributed by atoms with E-state index in [1.165, 1.54) is 24.3 Å². The average Bonchev–Trinajstić information content (AvgIpc) is 2.66. The summed E-state index contributed by atoms with van der Waals surface area (Å²) >= 11 is 0. The van der Waals surface area contributed by atoms with Crippen molar-refractivity contribution in [3.05, 3.63) is 107 Å². The first-order valence-corrected chi connectivity index (χ1v) is 9.02. The van der Waals surface area contributed by atoms with Crippen molar-refractivity contribution in [3.8, 4) is 0 Å². The van der Waals surface area contributed by atoms with Gasteiger partial charge in [-0.25, -0.2) is 8.78 Å². The Labute approximate surface area is 158 Å². The highest BCUT2D eigenvalue weighted by Gasteiger charge is 2.14. The van der Waals surface area contributed by atoms with Crippen LogP contribution in [-0.4, -0.2) is 22.7 Å². The van der Waals surface area contributed by atoms with Gasteiger partial charge in [0.15, 0.2) is 0 Å². The number of aliphatic hydroxyl groups excluding tert-OH is 1. The summed E-state index contributed by atoms with van der Waals surface area (Å²) in [4.78, 5) is 2.09. The molecule has 0 saturated carbocycles. The van der Waals surface area contributed by atoms with Crippen LogP contribution in [0.2, 0.25) is 0 Å². The average molecular weight is 367 g/mol. The lowest BCUT2D eigenvalue weighted by Gasteiger charge is -2.25. The first-order valence-electron chi connectivity index (χ1n) is 9.02. The second-order valence-corrected chi connectivity index (χ2v) is 6.77. The van der Waals surface area contributed by atoms with Gasteiger partial charge in [0.2, 0.25) is 0 Å². The quantitative estimate of drug-likeness (QED) is 0.630. The molecule has 3 aromatic rings. The van der Waals surface area contributed by atoms with E-state index in [-0.39, 0.29) is 11.6 Å². The Morgan fingerprint density at radius 3 is 1.63 bits per heavy atom. The first kappa shape index (κ1) is 19.2. The van der Waals surface area contributed by atoms with Gasteiger partial charge in [0.05, 0.1) is 6.10 Å². The van der Waals surface area contributed by atoms with Gasteiger partial charge in [-0.15, -0.1) is 0 Å². The van der Waals surface area contributed by atoms with E-state index >= 15 is 0 Å². The first-order chi connectivity index (χ1) is 13.1. The minimum Gasteiger partial charge on any atom is -0.391 e. The molecule has 0 amide bonds. The molecule has 0 aliphatic heterocycles. The van der Waals surface area contributed by atoms with Crippen LogP contribution in [0, 0.1) is 11.6 Å². The van der Waals surface area contributed by atoms with E-state index < -0.39 is 6.10 Å². The van der Waals surface area contributed by atoms with Crippen molar-refractivity contribution in [1.29, 1.82) is 0 Å². The standard InChI is InChI=1S/C23H23F2NO/c24-21-10-6-19(7-11-21)15-26(16-20-8-12-22(25)13-9-20)17-23(27)14-18-4-2-1-3-5-18/h1-13,23,27H,14-17H2/t23-/m0/s1. The van der Waals surface area contributed by atoms with Gasteiger partial charge in [-0.1, -0.05) is 54.6 Å². The normalized spacial score (nSPS) is 12.3. The predicted octanol–water partition coefficient (Wildman–Crippen LogP) is 4.57. The summed E-state index contributed by atoms with van der Waals surface area (Å²) in [5.74, 6) is -0.541. The van der Waals surface area contributed by atoms with E-state index in [1.54, 1.807) is 24.3 Å². The Morgan fingerprint density at radius 2 is 1.15 bits per heavy atom. The monoisotopic (exact) mass is 367 g/mol. The van der Waals surface area contributed by atoms with Gasteiger partial charge in [0, 0.05) is 19.6 Å². The minimum absolute atomic E-state index is 0.270. The Bertz CT molecular complexity index is 772. The molecule has 3 aromatic carbocycles. The summed E-state index contributed by atoms with van der Waals surface area (Å²) in [5, 5.41) is 10.6. The van der Waals surface area contributed by atoms with Crippen molar-refractivity contribution in [3.63, 3.8) is 0 Å². The Balaban J connectivity index is 1.69. The molecule has 0 radical (unpaired) electrons. The number of halogens is 2. The third-order valence-corrected chi connectivity index (χ3v) is 4.42. The molecule has 4 heteroatoms. The molecule has 0 aliphatic rings. The highest BCUT2D eigenvalue weighted by atomic mass is 19.1. The maximum Gasteiger partial charge on any atom is 0.123 e. The van der Waals surface area contributed by atoms with Crippen LogP contribution in [-0.2, 0) is 19.5 Å². The zero-order chi connectivity index (χ0) is 19.1. The van der Waals surface area contributed by atoms with E-state index in [1.807, 2.05) is 30.3 Å². The van der Waals surface area contributed by atoms with Crippen molar-refractivity contribution in [2.75, 3.05) is 6.54 Å². The Morgan fingerprint density at radius 1 is 0.667 bits per heavy atom. The zero-order valence-electron chi connectivity index (χ0n) is 15.1. The van der Waals surface area contributed by atoms with Gasteiger partial charge < -0.3 is 5.11 Å². The zero-order valence-corrected chi connectivity index (χ0v) is 15.1. The fourth-order valence-electron chi connectivity index (χ4n) is 3.13. The largest absolute Gasteiger partial charge is 0.391 e. The fourth-order valence-corrected chi connectivity index (χ4v) is 3.13. The topological polar surface area (TPSA) is 23.5 Å². The molecule has 0 heterocycles. The Hall–Kier alpha value is -2.56. The molecule has 0 unspecified atom stereocenters. The van der Waals surface area contributed by atoms with Gasteiger partial charge in [0.25, 0.3) is 0 Å². The lowest BCUT2D eigenvalue weighted by molar-refractivity contribution is 0.104. The molecule has 2 nitrogen and oxygen atoms in total. The molecule has 0 bridgehead atoms. The van der Waals surface area contributed by atoms with E-state index in [0.29, 0.717) is 26.1 Å². The highest BCUT2D eigenvalue weighted by Crippen LogP contribution is 2.14. The van der Waals surface area contributed by atoms with E-state index in [2.05, 4.69) is 4.90 Å². The number of hydrogen-bond donors (Lipinski definition) is 1. The van der Waals surface area contributed by atoms with Gasteiger partial charge in [0.1, 0.15) is 11.6 Å². The summed E-state index contributed by atoms with van der Waals surface area (Å²) < 4.78 is 26.3. The number of aliphatic hydroxyl groups is 1. The number of nitrogens with zero attached hydrogens (tertiary/aromatic N) is 1. The van der Waals surface area contributed by atoms with Crippen LogP contribution < -0.4 is 0 Å². The van der Waals surface area contributed by atoms with Crippen LogP contribution in [0.25, 0.3) is 0 Å².